The van der Waals surface area contributed by atoms with Crippen LogP contribution in [0.4, 0.5) is 4.39 Å². The Morgan fingerprint density at radius 3 is 2.67 bits per heavy atom. The molecule has 0 radical (unpaired) electrons. The second-order valence-corrected chi connectivity index (χ2v) is 3.83. The lowest BCUT2D eigenvalue weighted by atomic mass is 9.90. The van der Waals surface area contributed by atoms with Crippen molar-refractivity contribution in [3.05, 3.63) is 29.6 Å². The fraction of sp³-hybridized carbons (Fsp3) is 0.455. The molecule has 15 heavy (non-hydrogen) atoms. The molecule has 4 heteroatoms. The molecule has 0 amide bonds. The molecule has 1 aromatic rings. The first kappa shape index (κ1) is 12.3. The highest BCUT2D eigenvalue weighted by Gasteiger charge is 2.28. The van der Waals surface area contributed by atoms with Crippen molar-refractivity contribution < 1.29 is 9.13 Å². The number of benzene rings is 1. The molecule has 0 unspecified atom stereocenters. The summed E-state index contributed by atoms with van der Waals surface area (Å²) in [5.41, 5.74) is 6.21. The Hall–Kier alpha value is -0.800. The van der Waals surface area contributed by atoms with Gasteiger partial charge >= 0.3 is 0 Å². The van der Waals surface area contributed by atoms with Crippen LogP contribution < -0.4 is 10.5 Å². The number of halogens is 2. The molecule has 1 aliphatic carbocycles. The maximum Gasteiger partial charge on any atom is 0.129 e. The van der Waals surface area contributed by atoms with E-state index in [0.29, 0.717) is 11.3 Å². The number of hydrogen-bond donors (Lipinski definition) is 1. The zero-order chi connectivity index (χ0) is 10.1. The van der Waals surface area contributed by atoms with Crippen LogP contribution in [0.2, 0.25) is 0 Å². The fourth-order valence-corrected chi connectivity index (χ4v) is 1.60. The van der Waals surface area contributed by atoms with Crippen LogP contribution in [0, 0.1) is 12.7 Å². The minimum absolute atomic E-state index is 0. The van der Waals surface area contributed by atoms with Gasteiger partial charge in [0.25, 0.3) is 0 Å². The minimum Gasteiger partial charge on any atom is -0.490 e. The van der Waals surface area contributed by atoms with E-state index >= 15 is 0 Å². The Morgan fingerprint density at radius 1 is 1.40 bits per heavy atom. The zero-order valence-corrected chi connectivity index (χ0v) is 9.39. The summed E-state index contributed by atoms with van der Waals surface area (Å²) in [7, 11) is 0. The van der Waals surface area contributed by atoms with Crippen LogP contribution in [-0.4, -0.2) is 12.1 Å². The molecular weight excluding hydrogens is 217 g/mol. The molecule has 0 atom stereocenters. The van der Waals surface area contributed by atoms with Gasteiger partial charge in [-0.15, -0.1) is 12.4 Å². The van der Waals surface area contributed by atoms with Gasteiger partial charge in [0.2, 0.25) is 0 Å². The van der Waals surface area contributed by atoms with Crippen LogP contribution in [0.15, 0.2) is 18.2 Å². The molecule has 2 nitrogen and oxygen atoms in total. The standard InChI is InChI=1S/C11H14FNO.ClH/c1-7-10(12)3-2-4-11(7)14-9-5-8(13)6-9;/h2-4,8-9H,5-6,13H2,1H3;1H/t8-,9-;. The Balaban J connectivity index is 0.00000112. The van der Waals surface area contributed by atoms with Crippen molar-refractivity contribution in [1.82, 2.24) is 0 Å². The minimum atomic E-state index is -0.217. The van der Waals surface area contributed by atoms with Gasteiger partial charge in [0.05, 0.1) is 0 Å². The molecule has 1 aromatic carbocycles. The second kappa shape index (κ2) is 4.81. The van der Waals surface area contributed by atoms with E-state index < -0.39 is 0 Å². The highest BCUT2D eigenvalue weighted by molar-refractivity contribution is 5.85. The average Bonchev–Trinajstić information content (AvgIpc) is 2.10. The molecule has 2 rings (SSSR count). The van der Waals surface area contributed by atoms with Gasteiger partial charge in [0.1, 0.15) is 17.7 Å². The Kier molecular flexibility index (Phi) is 3.94. The summed E-state index contributed by atoms with van der Waals surface area (Å²) in [6.07, 6.45) is 1.91. The van der Waals surface area contributed by atoms with Gasteiger partial charge in [-0.25, -0.2) is 4.39 Å². The van der Waals surface area contributed by atoms with Crippen LogP contribution >= 0.6 is 12.4 Å². The first-order valence-corrected chi connectivity index (χ1v) is 4.84. The van der Waals surface area contributed by atoms with E-state index in [4.69, 9.17) is 10.5 Å². The third kappa shape index (κ3) is 2.61. The Bertz CT molecular complexity index is 339. The summed E-state index contributed by atoms with van der Waals surface area (Å²) in [5, 5.41) is 0. The van der Waals surface area contributed by atoms with E-state index in [1.165, 1.54) is 6.07 Å². The lowest BCUT2D eigenvalue weighted by molar-refractivity contribution is 0.0996. The molecule has 1 aliphatic rings. The number of ether oxygens (including phenoxy) is 1. The highest BCUT2D eigenvalue weighted by Crippen LogP contribution is 2.27. The van der Waals surface area contributed by atoms with Gasteiger partial charge in [-0.2, -0.15) is 0 Å². The topological polar surface area (TPSA) is 35.2 Å². The number of nitrogens with two attached hydrogens (primary N) is 1. The second-order valence-electron chi connectivity index (χ2n) is 3.83. The molecule has 1 fully saturated rings. The van der Waals surface area contributed by atoms with E-state index in [2.05, 4.69) is 0 Å². The van der Waals surface area contributed by atoms with E-state index in [1.54, 1.807) is 19.1 Å². The third-order valence-electron chi connectivity index (χ3n) is 2.64. The lowest BCUT2D eigenvalue weighted by Crippen LogP contribution is -2.43. The van der Waals surface area contributed by atoms with Gasteiger partial charge in [-0.3, -0.25) is 0 Å². The molecule has 0 aromatic heterocycles. The largest absolute Gasteiger partial charge is 0.490 e. The van der Waals surface area contributed by atoms with Crippen LogP contribution in [0.3, 0.4) is 0 Å². The SMILES string of the molecule is Cc1c(F)cccc1O[C@H]1C[C@H](N)C1.Cl. The van der Waals surface area contributed by atoms with E-state index in [1.807, 2.05) is 0 Å². The van der Waals surface area contributed by atoms with Gasteiger partial charge in [-0.1, -0.05) is 6.07 Å². The molecule has 0 heterocycles. The predicted octanol–water partition coefficient (Wildman–Crippen LogP) is 2.42. The van der Waals surface area contributed by atoms with Gasteiger partial charge < -0.3 is 10.5 Å². The summed E-state index contributed by atoms with van der Waals surface area (Å²) in [4.78, 5) is 0. The van der Waals surface area contributed by atoms with E-state index in [-0.39, 0.29) is 30.4 Å². The molecule has 0 aliphatic heterocycles. The van der Waals surface area contributed by atoms with Crippen molar-refractivity contribution >= 4 is 12.4 Å². The molecular formula is C11H15ClFNO. The zero-order valence-electron chi connectivity index (χ0n) is 8.57. The summed E-state index contributed by atoms with van der Waals surface area (Å²) < 4.78 is 18.7. The van der Waals surface area contributed by atoms with Crippen molar-refractivity contribution in [3.63, 3.8) is 0 Å². The third-order valence-corrected chi connectivity index (χ3v) is 2.64. The van der Waals surface area contributed by atoms with Crippen molar-refractivity contribution in [2.24, 2.45) is 5.73 Å². The van der Waals surface area contributed by atoms with Crippen molar-refractivity contribution in [2.75, 3.05) is 0 Å². The van der Waals surface area contributed by atoms with Gasteiger partial charge in [-0.05, 0) is 31.9 Å². The molecule has 0 bridgehead atoms. The Morgan fingerprint density at radius 2 is 2.07 bits per heavy atom. The summed E-state index contributed by atoms with van der Waals surface area (Å²) in [5.74, 6) is 0.424. The summed E-state index contributed by atoms with van der Waals surface area (Å²) >= 11 is 0. The molecule has 2 N–H and O–H groups in total. The normalized spacial score (nSPS) is 23.9. The first-order chi connectivity index (χ1) is 6.66. The first-order valence-electron chi connectivity index (χ1n) is 4.84. The molecule has 0 saturated heterocycles. The van der Waals surface area contributed by atoms with Crippen molar-refractivity contribution in [2.45, 2.75) is 31.9 Å². The fourth-order valence-electron chi connectivity index (χ4n) is 1.60. The van der Waals surface area contributed by atoms with Crippen molar-refractivity contribution in [1.29, 1.82) is 0 Å². The maximum atomic E-state index is 13.1. The average molecular weight is 232 g/mol. The quantitative estimate of drug-likeness (QED) is 0.849. The Labute approximate surface area is 95.0 Å². The highest BCUT2D eigenvalue weighted by atomic mass is 35.5. The number of hydrogen-bond acceptors (Lipinski definition) is 2. The van der Waals surface area contributed by atoms with Gasteiger partial charge in [0, 0.05) is 11.6 Å². The van der Waals surface area contributed by atoms with E-state index in [0.717, 1.165) is 12.8 Å². The molecule has 1 saturated carbocycles. The molecule has 84 valence electrons. The van der Waals surface area contributed by atoms with Crippen LogP contribution in [0.5, 0.6) is 5.75 Å². The summed E-state index contributed by atoms with van der Waals surface area (Å²) in [6, 6.07) is 5.15. The van der Waals surface area contributed by atoms with Gasteiger partial charge in [0.15, 0.2) is 0 Å². The smallest absolute Gasteiger partial charge is 0.129 e. The monoisotopic (exact) mass is 231 g/mol. The van der Waals surface area contributed by atoms with Crippen LogP contribution in [0.25, 0.3) is 0 Å². The molecule has 0 spiro atoms. The van der Waals surface area contributed by atoms with Crippen LogP contribution in [0.1, 0.15) is 18.4 Å². The van der Waals surface area contributed by atoms with Crippen molar-refractivity contribution in [3.8, 4) is 5.75 Å². The number of rotatable bonds is 2. The van der Waals surface area contributed by atoms with E-state index in [9.17, 15) is 4.39 Å². The lowest BCUT2D eigenvalue weighted by Gasteiger charge is -2.33. The van der Waals surface area contributed by atoms with Crippen LogP contribution in [-0.2, 0) is 0 Å². The predicted molar refractivity (Wildman–Crippen MR) is 60.0 cm³/mol. The maximum absolute atomic E-state index is 13.1. The summed E-state index contributed by atoms with van der Waals surface area (Å²) in [6.45, 7) is 1.73.